The van der Waals surface area contributed by atoms with E-state index in [1.807, 2.05) is 42.8 Å². The summed E-state index contributed by atoms with van der Waals surface area (Å²) in [6.07, 6.45) is 1.63. The lowest BCUT2D eigenvalue weighted by Crippen LogP contribution is -2.16. The topological polar surface area (TPSA) is 64.7 Å². The number of carbonyl (C=O) groups excluding carboxylic acids is 1. The van der Waals surface area contributed by atoms with Crippen molar-refractivity contribution in [3.8, 4) is 0 Å². The summed E-state index contributed by atoms with van der Waals surface area (Å²) in [7, 11) is 1.84. The second-order valence-electron chi connectivity index (χ2n) is 4.62. The van der Waals surface area contributed by atoms with Crippen molar-refractivity contribution in [2.24, 2.45) is 7.05 Å². The van der Waals surface area contributed by atoms with Gasteiger partial charge in [-0.25, -0.2) is 4.98 Å². The number of imidazole rings is 1. The Balaban J connectivity index is 1.92. The monoisotopic (exact) mass is 303 g/mol. The Hall–Kier alpha value is -2.34. The van der Waals surface area contributed by atoms with E-state index in [1.54, 1.807) is 10.9 Å². The normalized spacial score (nSPS) is 11.0. The van der Waals surface area contributed by atoms with Gasteiger partial charge in [0.05, 0.1) is 16.1 Å². The predicted octanol–water partition coefficient (Wildman–Crippen LogP) is 2.70. The molecule has 0 aliphatic carbocycles. The second kappa shape index (κ2) is 5.21. The highest BCUT2D eigenvalue weighted by molar-refractivity contribution is 6.34. The fraction of sp³-hybridized carbons (Fsp3) is 0.214. The van der Waals surface area contributed by atoms with E-state index in [0.717, 1.165) is 11.0 Å². The van der Waals surface area contributed by atoms with E-state index in [1.165, 1.54) is 0 Å². The lowest BCUT2D eigenvalue weighted by atomic mass is 10.3. The summed E-state index contributed by atoms with van der Waals surface area (Å²) in [5, 5.41) is 7.22. The first kappa shape index (κ1) is 13.6. The number of benzene rings is 1. The smallest absolute Gasteiger partial charge is 0.280 e. The first-order valence-corrected chi connectivity index (χ1v) is 6.93. The number of carbonyl (C=O) groups is 1. The molecule has 6 nitrogen and oxygen atoms in total. The van der Waals surface area contributed by atoms with Gasteiger partial charge in [0.2, 0.25) is 5.95 Å². The number of anilines is 1. The van der Waals surface area contributed by atoms with Crippen molar-refractivity contribution in [3.63, 3.8) is 0 Å². The average Bonchev–Trinajstić information content (AvgIpc) is 3.01. The highest BCUT2D eigenvalue weighted by Gasteiger charge is 2.18. The minimum absolute atomic E-state index is 0.200. The molecule has 2 heterocycles. The zero-order chi connectivity index (χ0) is 15.0. The Bertz CT molecular complexity index is 820. The number of aromatic nitrogens is 4. The van der Waals surface area contributed by atoms with E-state index >= 15 is 0 Å². The number of fused-ring (bicyclic) bond motifs is 1. The number of nitrogens with zero attached hydrogens (tertiary/aromatic N) is 4. The largest absolute Gasteiger partial charge is 0.313 e. The summed E-state index contributed by atoms with van der Waals surface area (Å²) in [4.78, 5) is 16.7. The van der Waals surface area contributed by atoms with Gasteiger partial charge in [-0.05, 0) is 19.1 Å². The molecule has 0 unspecified atom stereocenters. The summed E-state index contributed by atoms with van der Waals surface area (Å²) in [5.74, 6) is 0.0916. The summed E-state index contributed by atoms with van der Waals surface area (Å²) < 4.78 is 3.43. The lowest BCUT2D eigenvalue weighted by molar-refractivity contribution is 0.102. The number of para-hydroxylation sites is 2. The van der Waals surface area contributed by atoms with Gasteiger partial charge in [-0.1, -0.05) is 23.7 Å². The third-order valence-electron chi connectivity index (χ3n) is 3.27. The van der Waals surface area contributed by atoms with Crippen LogP contribution in [0.15, 0.2) is 30.5 Å². The van der Waals surface area contributed by atoms with Crippen LogP contribution in [0.4, 0.5) is 5.95 Å². The average molecular weight is 304 g/mol. The number of hydrogen-bond donors (Lipinski definition) is 1. The van der Waals surface area contributed by atoms with Gasteiger partial charge >= 0.3 is 0 Å². The van der Waals surface area contributed by atoms with Gasteiger partial charge in [-0.3, -0.25) is 14.8 Å². The van der Waals surface area contributed by atoms with Gasteiger partial charge in [0, 0.05) is 19.8 Å². The maximum Gasteiger partial charge on any atom is 0.280 e. The van der Waals surface area contributed by atoms with Crippen LogP contribution < -0.4 is 5.32 Å². The molecule has 1 amide bonds. The Morgan fingerprint density at radius 1 is 1.38 bits per heavy atom. The number of rotatable bonds is 3. The highest BCUT2D eigenvalue weighted by Crippen LogP contribution is 2.19. The second-order valence-corrected chi connectivity index (χ2v) is 5.03. The van der Waals surface area contributed by atoms with Gasteiger partial charge in [0.15, 0.2) is 5.69 Å². The van der Waals surface area contributed by atoms with Crippen molar-refractivity contribution >= 4 is 34.5 Å². The number of amides is 1. The van der Waals surface area contributed by atoms with Crippen LogP contribution in [0.3, 0.4) is 0 Å². The minimum atomic E-state index is -0.370. The van der Waals surface area contributed by atoms with Crippen molar-refractivity contribution < 1.29 is 4.79 Å². The van der Waals surface area contributed by atoms with Crippen molar-refractivity contribution in [2.75, 3.05) is 5.32 Å². The van der Waals surface area contributed by atoms with E-state index in [4.69, 9.17) is 11.6 Å². The lowest BCUT2D eigenvalue weighted by Gasteiger charge is -2.03. The SMILES string of the molecule is CCn1cc(Cl)c(C(=O)Nc2nc3ccccc3n2C)n1. The molecular weight excluding hydrogens is 290 g/mol. The zero-order valence-corrected chi connectivity index (χ0v) is 12.4. The maximum atomic E-state index is 12.3. The van der Waals surface area contributed by atoms with Gasteiger partial charge in [-0.2, -0.15) is 5.10 Å². The number of hydrogen-bond acceptors (Lipinski definition) is 3. The van der Waals surface area contributed by atoms with Gasteiger partial charge in [-0.15, -0.1) is 0 Å². The third kappa shape index (κ3) is 2.38. The first-order chi connectivity index (χ1) is 10.1. The predicted molar refractivity (Wildman–Crippen MR) is 81.6 cm³/mol. The van der Waals surface area contributed by atoms with Gasteiger partial charge in [0.25, 0.3) is 5.91 Å². The minimum Gasteiger partial charge on any atom is -0.313 e. The van der Waals surface area contributed by atoms with E-state index in [9.17, 15) is 4.79 Å². The van der Waals surface area contributed by atoms with Crippen LogP contribution in [-0.2, 0) is 13.6 Å². The molecule has 0 aliphatic heterocycles. The standard InChI is InChI=1S/C14H14ClN5O/c1-3-20-8-9(15)12(18-20)13(21)17-14-16-10-6-4-5-7-11(10)19(14)2/h4-8H,3H2,1-2H3,(H,16,17,21). The summed E-state index contributed by atoms with van der Waals surface area (Å²) >= 11 is 6.03. The van der Waals surface area contributed by atoms with E-state index in [2.05, 4.69) is 15.4 Å². The molecule has 21 heavy (non-hydrogen) atoms. The first-order valence-electron chi connectivity index (χ1n) is 6.56. The quantitative estimate of drug-likeness (QED) is 0.809. The Kier molecular flexibility index (Phi) is 3.39. The van der Waals surface area contributed by atoms with Crippen LogP contribution in [0.1, 0.15) is 17.4 Å². The van der Waals surface area contributed by atoms with E-state index in [-0.39, 0.29) is 11.6 Å². The molecule has 1 aromatic carbocycles. The molecule has 0 saturated carbocycles. The maximum absolute atomic E-state index is 12.3. The van der Waals surface area contributed by atoms with Crippen molar-refractivity contribution in [1.29, 1.82) is 0 Å². The number of aryl methyl sites for hydroxylation is 2. The van der Waals surface area contributed by atoms with Crippen LogP contribution in [0.2, 0.25) is 5.02 Å². The molecule has 0 saturated heterocycles. The fourth-order valence-electron chi connectivity index (χ4n) is 2.13. The molecular formula is C14H14ClN5O. The van der Waals surface area contributed by atoms with Gasteiger partial charge < -0.3 is 4.57 Å². The van der Waals surface area contributed by atoms with Crippen molar-refractivity contribution in [3.05, 3.63) is 41.2 Å². The van der Waals surface area contributed by atoms with Crippen LogP contribution in [0.5, 0.6) is 0 Å². The zero-order valence-electron chi connectivity index (χ0n) is 11.7. The molecule has 0 aliphatic rings. The number of nitrogens with one attached hydrogen (secondary N) is 1. The summed E-state index contributed by atoms with van der Waals surface area (Å²) in [6.45, 7) is 2.58. The van der Waals surface area contributed by atoms with Crippen molar-refractivity contribution in [2.45, 2.75) is 13.5 Å². The molecule has 3 rings (SSSR count). The summed E-state index contributed by atoms with van der Waals surface area (Å²) in [6, 6.07) is 7.66. The molecule has 108 valence electrons. The summed E-state index contributed by atoms with van der Waals surface area (Å²) in [5.41, 5.74) is 1.96. The molecule has 2 aromatic heterocycles. The molecule has 0 atom stereocenters. The van der Waals surface area contributed by atoms with Crippen LogP contribution in [0.25, 0.3) is 11.0 Å². The van der Waals surface area contributed by atoms with Gasteiger partial charge in [0.1, 0.15) is 0 Å². The number of halogens is 1. The van der Waals surface area contributed by atoms with Crippen molar-refractivity contribution in [1.82, 2.24) is 19.3 Å². The molecule has 0 spiro atoms. The fourth-order valence-corrected chi connectivity index (χ4v) is 2.37. The van der Waals surface area contributed by atoms with Crippen LogP contribution in [0, 0.1) is 0 Å². The molecule has 1 N–H and O–H groups in total. The molecule has 3 aromatic rings. The molecule has 0 radical (unpaired) electrons. The molecule has 7 heteroatoms. The highest BCUT2D eigenvalue weighted by atomic mass is 35.5. The van der Waals surface area contributed by atoms with Crippen LogP contribution >= 0.6 is 11.6 Å². The molecule has 0 fully saturated rings. The Morgan fingerprint density at radius 2 is 2.14 bits per heavy atom. The van der Waals surface area contributed by atoms with E-state index < -0.39 is 0 Å². The van der Waals surface area contributed by atoms with Crippen LogP contribution in [-0.4, -0.2) is 25.2 Å². The Labute approximate surface area is 126 Å². The van der Waals surface area contributed by atoms with E-state index in [0.29, 0.717) is 17.5 Å². The third-order valence-corrected chi connectivity index (χ3v) is 3.55. The Morgan fingerprint density at radius 3 is 2.81 bits per heavy atom. The molecule has 0 bridgehead atoms.